The van der Waals surface area contributed by atoms with Gasteiger partial charge in [-0.15, -0.1) is 0 Å². The number of amides is 1. The molecule has 0 bridgehead atoms. The predicted molar refractivity (Wildman–Crippen MR) is 56.1 cm³/mol. The summed E-state index contributed by atoms with van der Waals surface area (Å²) in [5.74, 6) is -0.696. The maximum atomic E-state index is 13.8. The van der Waals surface area contributed by atoms with E-state index in [1.54, 1.807) is 0 Å². The van der Waals surface area contributed by atoms with Crippen LogP contribution in [0, 0.1) is 5.82 Å². The summed E-state index contributed by atoms with van der Waals surface area (Å²) in [4.78, 5) is 17.7. The molecule has 2 aromatic heterocycles. The third-order valence-electron chi connectivity index (χ3n) is 2.05. The summed E-state index contributed by atoms with van der Waals surface area (Å²) < 4.78 is 30.2. The van der Waals surface area contributed by atoms with E-state index in [4.69, 9.17) is 2.74 Å². The van der Waals surface area contributed by atoms with Gasteiger partial charge in [-0.05, 0) is 0 Å². The molecule has 5 nitrogen and oxygen atoms in total. The highest BCUT2D eigenvalue weighted by Crippen LogP contribution is 2.28. The lowest BCUT2D eigenvalue weighted by molar-refractivity contribution is -0.105. The molecule has 0 aliphatic rings. The monoisotopic (exact) mass is 223 g/mol. The fourth-order valence-corrected chi connectivity index (χ4v) is 1.35. The minimum absolute atomic E-state index is 0.00407. The van der Waals surface area contributed by atoms with Crippen LogP contribution in [-0.4, -0.2) is 20.9 Å². The molecule has 0 aromatic carbocycles. The first-order valence-electron chi connectivity index (χ1n) is 5.40. The Balaban J connectivity index is 2.73. The normalized spacial score (nSPS) is 11.9. The van der Waals surface area contributed by atoms with Crippen molar-refractivity contribution >= 4 is 12.1 Å². The first kappa shape index (κ1) is 7.98. The molecule has 0 unspecified atom stereocenters. The van der Waals surface area contributed by atoms with E-state index in [0.717, 1.165) is 6.20 Å². The van der Waals surface area contributed by atoms with Crippen molar-refractivity contribution in [3.8, 4) is 11.3 Å². The van der Waals surface area contributed by atoms with Crippen LogP contribution in [0.2, 0.25) is 0 Å². The van der Waals surface area contributed by atoms with Crippen molar-refractivity contribution in [2.75, 3.05) is 5.32 Å². The molecule has 0 aliphatic heterocycles. The van der Waals surface area contributed by atoms with Crippen LogP contribution in [0.1, 0.15) is 2.74 Å². The molecule has 0 saturated carbocycles. The Morgan fingerprint density at radius 1 is 1.56 bits per heavy atom. The van der Waals surface area contributed by atoms with Crippen LogP contribution in [0.15, 0.2) is 24.9 Å². The molecule has 2 heterocycles. The van der Waals surface area contributed by atoms with Gasteiger partial charge >= 0.3 is 0 Å². The van der Waals surface area contributed by atoms with Crippen molar-refractivity contribution in [2.45, 2.75) is 0 Å². The van der Waals surface area contributed by atoms with Crippen LogP contribution in [0.3, 0.4) is 0 Å². The van der Waals surface area contributed by atoms with Gasteiger partial charge in [0.05, 0.1) is 43.2 Å². The lowest BCUT2D eigenvalue weighted by Crippen LogP contribution is -2.01. The van der Waals surface area contributed by atoms with Crippen LogP contribution < -0.4 is 5.32 Å². The lowest BCUT2D eigenvalue weighted by Gasteiger charge is -2.08. The van der Waals surface area contributed by atoms with Crippen molar-refractivity contribution in [1.29, 1.82) is 0 Å². The van der Waals surface area contributed by atoms with Crippen LogP contribution in [0.25, 0.3) is 11.3 Å². The smallest absolute Gasteiger partial charge is 0.211 e. The topological polar surface area (TPSA) is 59.8 Å². The standard InChI is InChI=1S/C10H9FN4O/c1-15-5-13-4-9(15)10-7(11)2-12-3-8(10)14-6-16/h2-6H,1H3,(H,14,16)/i4D,5D,6+1. The number of hydrogen-bond acceptors (Lipinski definition) is 3. The average Bonchev–Trinajstić information content (AvgIpc) is 2.56. The number of rotatable bonds is 3. The molecule has 1 amide bonds. The van der Waals surface area contributed by atoms with E-state index in [-0.39, 0.29) is 29.4 Å². The molecule has 2 rings (SSSR count). The summed E-state index contributed by atoms with van der Waals surface area (Å²) in [5, 5.41) is 2.31. The molecule has 0 aliphatic carbocycles. The van der Waals surface area contributed by atoms with Gasteiger partial charge in [0.15, 0.2) is 5.82 Å². The van der Waals surface area contributed by atoms with Gasteiger partial charge in [-0.25, -0.2) is 9.37 Å². The Labute approximate surface area is 93.8 Å². The quantitative estimate of drug-likeness (QED) is 0.628. The van der Waals surface area contributed by atoms with Crippen LogP contribution in [0.5, 0.6) is 0 Å². The molecular weight excluding hydrogens is 212 g/mol. The van der Waals surface area contributed by atoms with Crippen molar-refractivity contribution in [3.63, 3.8) is 0 Å². The minimum Gasteiger partial charge on any atom is -0.334 e. The van der Waals surface area contributed by atoms with E-state index in [1.165, 1.54) is 17.8 Å². The zero-order valence-corrected chi connectivity index (χ0v) is 8.36. The molecule has 1 N–H and O–H groups in total. The Bertz CT molecular complexity index is 614. The Kier molecular flexibility index (Phi) is 2.04. The predicted octanol–water partition coefficient (Wildman–Crippen LogP) is 1.19. The number of anilines is 1. The van der Waals surface area contributed by atoms with Gasteiger partial charge in [-0.2, -0.15) is 0 Å². The summed E-state index contributed by atoms with van der Waals surface area (Å²) in [6.07, 6.45) is 2.23. The highest BCUT2D eigenvalue weighted by molar-refractivity contribution is 5.83. The summed E-state index contributed by atoms with van der Waals surface area (Å²) in [6, 6.07) is 0. The molecule has 2 aromatic rings. The highest BCUT2D eigenvalue weighted by Gasteiger charge is 2.13. The average molecular weight is 223 g/mol. The van der Waals surface area contributed by atoms with Gasteiger partial charge in [-0.1, -0.05) is 0 Å². The van der Waals surface area contributed by atoms with Gasteiger partial charge < -0.3 is 9.88 Å². The second-order valence-electron chi connectivity index (χ2n) is 3.04. The van der Waals surface area contributed by atoms with Gasteiger partial charge in [0, 0.05) is 7.05 Å². The Morgan fingerprint density at radius 2 is 2.38 bits per heavy atom. The number of carbonyl (C=O) groups excluding carboxylic acids is 1. The highest BCUT2D eigenvalue weighted by atomic mass is 19.1. The van der Waals surface area contributed by atoms with Crippen molar-refractivity contribution in [1.82, 2.24) is 14.5 Å². The number of halogens is 1. The molecule has 0 saturated heterocycles. The van der Waals surface area contributed by atoms with Crippen molar-refractivity contribution in [3.05, 3.63) is 30.7 Å². The van der Waals surface area contributed by atoms with Gasteiger partial charge in [0.2, 0.25) is 6.41 Å². The molecule has 0 spiro atoms. The maximum Gasteiger partial charge on any atom is 0.211 e. The molecule has 82 valence electrons. The third kappa shape index (κ3) is 1.65. The second-order valence-corrected chi connectivity index (χ2v) is 3.04. The van der Waals surface area contributed by atoms with Gasteiger partial charge in [-0.3, -0.25) is 9.78 Å². The summed E-state index contributed by atoms with van der Waals surface area (Å²) >= 11 is 0. The van der Waals surface area contributed by atoms with Crippen LogP contribution in [-0.2, 0) is 11.8 Å². The van der Waals surface area contributed by atoms with Crippen LogP contribution >= 0.6 is 0 Å². The Hall–Kier alpha value is -2.24. The number of nitrogens with one attached hydrogen (secondary N) is 1. The summed E-state index contributed by atoms with van der Waals surface area (Å²) in [6.45, 7) is 0. The Morgan fingerprint density at radius 3 is 3.00 bits per heavy atom. The largest absolute Gasteiger partial charge is 0.334 e. The molecule has 0 fully saturated rings. The van der Waals surface area contributed by atoms with Gasteiger partial charge in [0.25, 0.3) is 0 Å². The van der Waals surface area contributed by atoms with E-state index in [2.05, 4.69) is 15.3 Å². The molecule has 6 heteroatoms. The molecule has 0 atom stereocenters. The first-order chi connectivity index (χ1) is 8.56. The van der Waals surface area contributed by atoms with E-state index >= 15 is 0 Å². The molecular formula is C10H9FN4O. The number of carbonyl (C=O) groups is 1. The van der Waals surface area contributed by atoms with Gasteiger partial charge in [0.1, 0.15) is 1.37 Å². The number of imidazole rings is 1. The van der Waals surface area contributed by atoms with E-state index in [0.29, 0.717) is 6.41 Å². The fourth-order valence-electron chi connectivity index (χ4n) is 1.35. The molecule has 0 radical (unpaired) electrons. The third-order valence-corrected chi connectivity index (χ3v) is 2.05. The fraction of sp³-hybridized carbons (Fsp3) is 0.100. The maximum absolute atomic E-state index is 13.8. The van der Waals surface area contributed by atoms with E-state index < -0.39 is 5.82 Å². The van der Waals surface area contributed by atoms with E-state index in [9.17, 15) is 9.18 Å². The number of aromatic nitrogens is 3. The lowest BCUT2D eigenvalue weighted by atomic mass is 10.1. The number of nitrogens with zero attached hydrogens (tertiary/aromatic N) is 3. The number of pyridine rings is 1. The van der Waals surface area contributed by atoms with Crippen LogP contribution in [0.4, 0.5) is 10.1 Å². The minimum atomic E-state index is -0.696. The van der Waals surface area contributed by atoms with Crippen molar-refractivity contribution < 1.29 is 11.9 Å². The summed E-state index contributed by atoms with van der Waals surface area (Å²) in [7, 11) is 1.49. The first-order valence-corrected chi connectivity index (χ1v) is 4.40. The zero-order valence-electron chi connectivity index (χ0n) is 10.4. The zero-order chi connectivity index (χ0) is 13.3. The summed E-state index contributed by atoms with van der Waals surface area (Å²) in [5.41, 5.74) is 0.237. The van der Waals surface area contributed by atoms with E-state index in [1.807, 2.05) is 0 Å². The molecule has 16 heavy (non-hydrogen) atoms. The van der Waals surface area contributed by atoms with Crippen molar-refractivity contribution in [2.24, 2.45) is 7.05 Å². The second kappa shape index (κ2) is 4.09. The number of hydrogen-bond donors (Lipinski definition) is 1. The SMILES string of the molecule is [2H]c1nc([2H])n(C)c1-c1c(F)cncc1N[13CH]=O.